The molecule has 2 rings (SSSR count). The molecule has 0 aliphatic carbocycles. The first-order chi connectivity index (χ1) is 8.39. The minimum absolute atomic E-state index is 0.359. The van der Waals surface area contributed by atoms with E-state index in [9.17, 15) is 0 Å². The number of nitrogens with zero attached hydrogens (tertiary/aromatic N) is 1. The number of guanidine groups is 1. The van der Waals surface area contributed by atoms with E-state index in [0.29, 0.717) is 25.1 Å². The molecule has 2 heterocycles. The van der Waals surface area contributed by atoms with Crippen molar-refractivity contribution in [2.45, 2.75) is 38.1 Å². The van der Waals surface area contributed by atoms with E-state index in [-0.39, 0.29) is 0 Å². The van der Waals surface area contributed by atoms with Gasteiger partial charge in [-0.3, -0.25) is 0 Å². The molecule has 102 valence electrons. The van der Waals surface area contributed by atoms with Crippen molar-refractivity contribution in [3.63, 3.8) is 0 Å². The maximum Gasteiger partial charge on any atom is 0.194 e. The average molecular weight is 254 g/mol. The van der Waals surface area contributed by atoms with Crippen LogP contribution < -0.4 is 16.8 Å². The van der Waals surface area contributed by atoms with Crippen LogP contribution in [-0.2, 0) is 9.47 Å². The molecule has 6 nitrogen and oxygen atoms in total. The molecule has 1 unspecified atom stereocenters. The molecule has 0 saturated carbocycles. The fourth-order valence-electron chi connectivity index (χ4n) is 2.03. The molecule has 1 atom stereocenters. The van der Waals surface area contributed by atoms with Gasteiger partial charge in [-0.05, 0) is 32.8 Å². The van der Waals surface area contributed by atoms with Gasteiger partial charge in [-0.15, -0.1) is 0 Å². The molecule has 5 N–H and O–H groups in total. The number of nitrogens with two attached hydrogens (primary N) is 2. The Kier molecular flexibility index (Phi) is 3.61. The van der Waals surface area contributed by atoms with E-state index in [1.165, 1.54) is 0 Å². The van der Waals surface area contributed by atoms with E-state index in [1.54, 1.807) is 6.20 Å². The van der Waals surface area contributed by atoms with Crippen molar-refractivity contribution in [1.29, 1.82) is 0 Å². The molecule has 0 aromatic rings. The van der Waals surface area contributed by atoms with Gasteiger partial charge in [0.25, 0.3) is 0 Å². The summed E-state index contributed by atoms with van der Waals surface area (Å²) >= 11 is 0. The van der Waals surface area contributed by atoms with Gasteiger partial charge in [0.05, 0.1) is 13.2 Å². The zero-order chi connectivity index (χ0) is 13.2. The monoisotopic (exact) mass is 254 g/mol. The van der Waals surface area contributed by atoms with E-state index in [2.05, 4.69) is 10.3 Å². The smallest absolute Gasteiger partial charge is 0.194 e. The molecule has 2 aliphatic heterocycles. The number of hydrogen-bond acceptors (Lipinski definition) is 6. The molecule has 0 bridgehead atoms. The van der Waals surface area contributed by atoms with Gasteiger partial charge >= 0.3 is 0 Å². The normalized spacial score (nSPS) is 31.8. The summed E-state index contributed by atoms with van der Waals surface area (Å²) in [5.41, 5.74) is 11.1. The minimum Gasteiger partial charge on any atom is -0.370 e. The third-order valence-electron chi connectivity index (χ3n) is 3.22. The summed E-state index contributed by atoms with van der Waals surface area (Å²) in [7, 11) is 0. The summed E-state index contributed by atoms with van der Waals surface area (Å²) in [6.07, 6.45) is 5.19. The highest BCUT2D eigenvalue weighted by Gasteiger charge is 2.30. The Morgan fingerprint density at radius 3 is 2.72 bits per heavy atom. The maximum absolute atomic E-state index is 6.14. The van der Waals surface area contributed by atoms with Crippen LogP contribution in [0.1, 0.15) is 26.7 Å². The maximum atomic E-state index is 6.14. The first-order valence-electron chi connectivity index (χ1n) is 6.25. The van der Waals surface area contributed by atoms with Crippen molar-refractivity contribution in [2.24, 2.45) is 22.4 Å². The zero-order valence-corrected chi connectivity index (χ0v) is 11.0. The Bertz CT molecular complexity index is 357. The lowest BCUT2D eigenvalue weighted by molar-refractivity contribution is -0.262. The number of hydrogen-bond donors (Lipinski definition) is 3. The van der Waals surface area contributed by atoms with Gasteiger partial charge in [-0.2, -0.15) is 0 Å². The van der Waals surface area contributed by atoms with Crippen LogP contribution in [0.5, 0.6) is 0 Å². The molecule has 1 fully saturated rings. The lowest BCUT2D eigenvalue weighted by Crippen LogP contribution is -2.45. The highest BCUT2D eigenvalue weighted by atomic mass is 16.7. The van der Waals surface area contributed by atoms with Crippen LogP contribution >= 0.6 is 0 Å². The fraction of sp³-hybridized carbons (Fsp3) is 0.750. The van der Waals surface area contributed by atoms with E-state index < -0.39 is 11.4 Å². The molecular formula is C12H22N4O2. The third kappa shape index (κ3) is 3.44. The molecular weight excluding hydrogens is 232 g/mol. The summed E-state index contributed by atoms with van der Waals surface area (Å²) < 4.78 is 11.2. The first-order valence-corrected chi connectivity index (χ1v) is 6.25. The largest absolute Gasteiger partial charge is 0.370 e. The summed E-state index contributed by atoms with van der Waals surface area (Å²) in [6.45, 7) is 5.25. The minimum atomic E-state index is -0.706. The predicted octanol–water partition coefficient (Wildman–Crippen LogP) is 0.252. The fourth-order valence-corrected chi connectivity index (χ4v) is 2.03. The first kappa shape index (κ1) is 13.3. The van der Waals surface area contributed by atoms with Gasteiger partial charge in [0.2, 0.25) is 0 Å². The molecule has 0 aromatic carbocycles. The second kappa shape index (κ2) is 4.87. The summed E-state index contributed by atoms with van der Waals surface area (Å²) in [5.74, 6) is 0.254. The topological polar surface area (TPSA) is 94.9 Å². The van der Waals surface area contributed by atoms with Crippen molar-refractivity contribution in [3.05, 3.63) is 12.3 Å². The second-order valence-electron chi connectivity index (χ2n) is 5.39. The standard InChI is InChI=1S/C12H22N4O2/c1-11(2)17-7-9(8-18-11)3-4-12(14)5-6-15-10(13)16-12/h5-6,9H,3-4,7-8,14H2,1-2H3,(H3,13,15,16). The second-order valence-corrected chi connectivity index (χ2v) is 5.39. The Labute approximate surface area is 107 Å². The van der Waals surface area contributed by atoms with Crippen LogP contribution in [0.25, 0.3) is 0 Å². The van der Waals surface area contributed by atoms with Crippen LogP contribution in [0.2, 0.25) is 0 Å². The van der Waals surface area contributed by atoms with Gasteiger partial charge in [0, 0.05) is 12.1 Å². The van der Waals surface area contributed by atoms with Gasteiger partial charge < -0.3 is 26.3 Å². The third-order valence-corrected chi connectivity index (χ3v) is 3.22. The molecule has 6 heteroatoms. The summed E-state index contributed by atoms with van der Waals surface area (Å²) in [4.78, 5) is 4.22. The van der Waals surface area contributed by atoms with E-state index >= 15 is 0 Å². The molecule has 0 aromatic heterocycles. The highest BCUT2D eigenvalue weighted by Crippen LogP contribution is 2.26. The quantitative estimate of drug-likeness (QED) is 0.671. The highest BCUT2D eigenvalue weighted by molar-refractivity contribution is 5.80. The van der Waals surface area contributed by atoms with Crippen LogP contribution in [0.3, 0.4) is 0 Å². The number of nitrogens with one attached hydrogen (secondary N) is 1. The van der Waals surface area contributed by atoms with Crippen LogP contribution in [0.4, 0.5) is 0 Å². The summed E-state index contributed by atoms with van der Waals surface area (Å²) in [5, 5.41) is 2.80. The van der Waals surface area contributed by atoms with Crippen LogP contribution in [0.15, 0.2) is 17.3 Å². The number of ether oxygens (including phenoxy) is 2. The Morgan fingerprint density at radius 1 is 1.44 bits per heavy atom. The Morgan fingerprint density at radius 2 is 2.11 bits per heavy atom. The Balaban J connectivity index is 1.82. The van der Waals surface area contributed by atoms with E-state index in [4.69, 9.17) is 20.9 Å². The zero-order valence-electron chi connectivity index (χ0n) is 11.0. The number of rotatable bonds is 3. The molecule has 18 heavy (non-hydrogen) atoms. The van der Waals surface area contributed by atoms with E-state index in [1.807, 2.05) is 19.9 Å². The van der Waals surface area contributed by atoms with Gasteiger partial charge in [-0.1, -0.05) is 0 Å². The molecule has 2 aliphatic rings. The van der Waals surface area contributed by atoms with Gasteiger partial charge in [0.15, 0.2) is 11.7 Å². The van der Waals surface area contributed by atoms with Gasteiger partial charge in [0.1, 0.15) is 5.66 Å². The van der Waals surface area contributed by atoms with Crippen molar-refractivity contribution in [2.75, 3.05) is 13.2 Å². The predicted molar refractivity (Wildman–Crippen MR) is 69.5 cm³/mol. The van der Waals surface area contributed by atoms with E-state index in [0.717, 1.165) is 12.8 Å². The van der Waals surface area contributed by atoms with Crippen molar-refractivity contribution in [1.82, 2.24) is 5.32 Å². The molecule has 1 saturated heterocycles. The van der Waals surface area contributed by atoms with Crippen molar-refractivity contribution < 1.29 is 9.47 Å². The van der Waals surface area contributed by atoms with Crippen LogP contribution in [-0.4, -0.2) is 30.6 Å². The lowest BCUT2D eigenvalue weighted by atomic mass is 9.96. The van der Waals surface area contributed by atoms with Crippen molar-refractivity contribution >= 4 is 5.96 Å². The summed E-state index contributed by atoms with van der Waals surface area (Å²) in [6, 6.07) is 0. The lowest BCUT2D eigenvalue weighted by Gasteiger charge is -2.36. The molecule has 0 amide bonds. The van der Waals surface area contributed by atoms with Gasteiger partial charge in [-0.25, -0.2) is 4.99 Å². The van der Waals surface area contributed by atoms with Crippen molar-refractivity contribution in [3.8, 4) is 0 Å². The number of aliphatic imine (C=N–C) groups is 1. The SMILES string of the molecule is CC1(C)OCC(CCC2(N)C=CNC(N)=N2)CO1. The Hall–Kier alpha value is -1.11. The van der Waals surface area contributed by atoms with Crippen LogP contribution in [0, 0.1) is 5.92 Å². The molecule has 0 radical (unpaired) electrons. The average Bonchev–Trinajstić information content (AvgIpc) is 2.27. The molecule has 0 spiro atoms.